The lowest BCUT2D eigenvalue weighted by atomic mass is 10.3. The fourth-order valence-corrected chi connectivity index (χ4v) is 1.49. The van der Waals surface area contributed by atoms with E-state index < -0.39 is 0 Å². The molecule has 2 nitrogen and oxygen atoms in total. The first-order valence-corrected chi connectivity index (χ1v) is 4.14. The van der Waals surface area contributed by atoms with Crippen LogP contribution in [-0.4, -0.2) is 9.78 Å². The Bertz CT molecular complexity index is 240. The third-order valence-corrected chi connectivity index (χ3v) is 2.69. The minimum Gasteiger partial charge on any atom is -0.271 e. The third-order valence-electron chi connectivity index (χ3n) is 1.66. The van der Waals surface area contributed by atoms with Crippen molar-refractivity contribution in [2.45, 2.75) is 20.3 Å². The van der Waals surface area contributed by atoms with Gasteiger partial charge >= 0.3 is 0 Å². The van der Waals surface area contributed by atoms with Crippen LogP contribution < -0.4 is 0 Å². The number of nitrogens with zero attached hydrogens (tertiary/aromatic N) is 2. The lowest BCUT2D eigenvalue weighted by Gasteiger charge is -1.89. The summed E-state index contributed by atoms with van der Waals surface area (Å²) in [5.41, 5.74) is 2.33. The van der Waals surface area contributed by atoms with E-state index in [1.807, 2.05) is 11.7 Å². The van der Waals surface area contributed by atoms with Crippen molar-refractivity contribution < 1.29 is 0 Å². The molecule has 0 spiro atoms. The van der Waals surface area contributed by atoms with Crippen LogP contribution in [0.1, 0.15) is 18.3 Å². The maximum absolute atomic E-state index is 4.30. The molecule has 0 bridgehead atoms. The van der Waals surface area contributed by atoms with Gasteiger partial charge in [0.2, 0.25) is 0 Å². The average molecular weight is 203 g/mol. The van der Waals surface area contributed by atoms with Crippen molar-refractivity contribution in [2.24, 2.45) is 7.05 Å². The Hall–Kier alpha value is -0.310. The lowest BCUT2D eigenvalue weighted by Crippen LogP contribution is -1.92. The zero-order valence-corrected chi connectivity index (χ0v) is 8.07. The van der Waals surface area contributed by atoms with Crippen molar-refractivity contribution in [3.05, 3.63) is 15.9 Å². The highest BCUT2D eigenvalue weighted by Crippen LogP contribution is 2.19. The summed E-state index contributed by atoms with van der Waals surface area (Å²) in [5.74, 6) is 0. The lowest BCUT2D eigenvalue weighted by molar-refractivity contribution is 0.723. The Morgan fingerprint density at radius 2 is 2.20 bits per heavy atom. The molecular formula is C7H11BrN2. The Morgan fingerprint density at radius 3 is 2.40 bits per heavy atom. The molecule has 0 unspecified atom stereocenters. The van der Waals surface area contributed by atoms with Crippen LogP contribution in [0.3, 0.4) is 0 Å². The van der Waals surface area contributed by atoms with Gasteiger partial charge in [-0.2, -0.15) is 5.10 Å². The molecule has 0 amide bonds. The average Bonchev–Trinajstić information content (AvgIpc) is 2.17. The van der Waals surface area contributed by atoms with Crippen molar-refractivity contribution in [1.29, 1.82) is 0 Å². The first-order chi connectivity index (χ1) is 4.66. The van der Waals surface area contributed by atoms with E-state index in [2.05, 4.69) is 34.9 Å². The normalized spacial score (nSPS) is 10.4. The van der Waals surface area contributed by atoms with Crippen molar-refractivity contribution in [3.63, 3.8) is 0 Å². The molecule has 0 radical (unpaired) electrons. The number of hydrogen-bond acceptors (Lipinski definition) is 1. The molecule has 0 atom stereocenters. The highest BCUT2D eigenvalue weighted by atomic mass is 79.9. The third kappa shape index (κ3) is 1.10. The van der Waals surface area contributed by atoms with E-state index in [0.29, 0.717) is 0 Å². The number of aryl methyl sites for hydroxylation is 2. The van der Waals surface area contributed by atoms with Crippen LogP contribution >= 0.6 is 15.9 Å². The first kappa shape index (κ1) is 7.79. The summed E-state index contributed by atoms with van der Waals surface area (Å²) in [6.45, 7) is 4.16. The molecule has 0 aliphatic rings. The van der Waals surface area contributed by atoms with Crippen molar-refractivity contribution in [2.75, 3.05) is 0 Å². The fraction of sp³-hybridized carbons (Fsp3) is 0.571. The Labute approximate surface area is 69.4 Å². The minimum absolute atomic E-state index is 0.988. The predicted molar refractivity (Wildman–Crippen MR) is 45.0 cm³/mol. The van der Waals surface area contributed by atoms with Crippen LogP contribution in [0.5, 0.6) is 0 Å². The molecule has 0 aliphatic heterocycles. The van der Waals surface area contributed by atoms with Gasteiger partial charge in [-0.15, -0.1) is 0 Å². The van der Waals surface area contributed by atoms with Gasteiger partial charge in [-0.1, -0.05) is 6.92 Å². The van der Waals surface area contributed by atoms with Crippen LogP contribution in [-0.2, 0) is 13.5 Å². The molecule has 1 heterocycles. The highest BCUT2D eigenvalue weighted by Gasteiger charge is 2.06. The fourth-order valence-electron chi connectivity index (χ4n) is 0.877. The maximum Gasteiger partial charge on any atom is 0.0766 e. The Morgan fingerprint density at radius 1 is 1.60 bits per heavy atom. The number of halogens is 1. The second kappa shape index (κ2) is 2.74. The zero-order valence-electron chi connectivity index (χ0n) is 6.48. The summed E-state index contributed by atoms with van der Waals surface area (Å²) < 4.78 is 3.04. The Kier molecular flexibility index (Phi) is 2.14. The molecule has 0 fully saturated rings. The van der Waals surface area contributed by atoms with Crippen molar-refractivity contribution >= 4 is 15.9 Å². The molecule has 0 aromatic carbocycles. The maximum atomic E-state index is 4.30. The molecule has 10 heavy (non-hydrogen) atoms. The van der Waals surface area contributed by atoms with Gasteiger partial charge in [0.15, 0.2) is 0 Å². The SMILES string of the molecule is CCc1nn(C)c(C)c1Br. The van der Waals surface area contributed by atoms with E-state index in [9.17, 15) is 0 Å². The summed E-state index contributed by atoms with van der Waals surface area (Å²) in [6, 6.07) is 0. The van der Waals surface area contributed by atoms with E-state index in [1.165, 1.54) is 5.69 Å². The zero-order chi connectivity index (χ0) is 7.72. The molecule has 0 saturated carbocycles. The van der Waals surface area contributed by atoms with Crippen LogP contribution in [0.4, 0.5) is 0 Å². The molecule has 56 valence electrons. The summed E-state index contributed by atoms with van der Waals surface area (Å²) in [7, 11) is 1.96. The molecule has 3 heteroatoms. The largest absolute Gasteiger partial charge is 0.271 e. The van der Waals surface area contributed by atoms with Crippen LogP contribution in [0.15, 0.2) is 4.47 Å². The van der Waals surface area contributed by atoms with E-state index in [1.54, 1.807) is 0 Å². The number of rotatable bonds is 1. The standard InChI is InChI=1S/C7H11BrN2/c1-4-6-7(8)5(2)10(3)9-6/h4H2,1-3H3. The van der Waals surface area contributed by atoms with Crippen LogP contribution in [0, 0.1) is 6.92 Å². The predicted octanol–water partition coefficient (Wildman–Crippen LogP) is 2.05. The van der Waals surface area contributed by atoms with E-state index >= 15 is 0 Å². The van der Waals surface area contributed by atoms with E-state index in [0.717, 1.165) is 16.6 Å². The summed E-state index contributed by atoms with van der Waals surface area (Å²) in [5, 5.41) is 4.30. The van der Waals surface area contributed by atoms with Gasteiger partial charge in [0.25, 0.3) is 0 Å². The number of aromatic nitrogens is 2. The second-order valence-electron chi connectivity index (χ2n) is 2.32. The van der Waals surface area contributed by atoms with Crippen molar-refractivity contribution in [1.82, 2.24) is 9.78 Å². The van der Waals surface area contributed by atoms with Gasteiger partial charge in [0.05, 0.1) is 10.2 Å². The van der Waals surface area contributed by atoms with Gasteiger partial charge < -0.3 is 0 Å². The molecule has 0 N–H and O–H groups in total. The minimum atomic E-state index is 0.988. The molecule has 1 rings (SSSR count). The molecular weight excluding hydrogens is 192 g/mol. The van der Waals surface area contributed by atoms with E-state index in [4.69, 9.17) is 0 Å². The first-order valence-electron chi connectivity index (χ1n) is 3.34. The molecule has 1 aromatic rings. The molecule has 1 aromatic heterocycles. The van der Waals surface area contributed by atoms with Crippen LogP contribution in [0.2, 0.25) is 0 Å². The monoisotopic (exact) mass is 202 g/mol. The molecule has 0 aliphatic carbocycles. The summed E-state index contributed by atoms with van der Waals surface area (Å²) >= 11 is 3.48. The van der Waals surface area contributed by atoms with Crippen molar-refractivity contribution in [3.8, 4) is 0 Å². The Balaban J connectivity index is 3.17. The topological polar surface area (TPSA) is 17.8 Å². The number of hydrogen-bond donors (Lipinski definition) is 0. The van der Waals surface area contributed by atoms with Gasteiger partial charge in [0, 0.05) is 12.7 Å². The molecule has 0 saturated heterocycles. The van der Waals surface area contributed by atoms with Gasteiger partial charge in [0.1, 0.15) is 0 Å². The summed E-state index contributed by atoms with van der Waals surface area (Å²) in [6.07, 6.45) is 0.988. The van der Waals surface area contributed by atoms with Crippen LogP contribution in [0.25, 0.3) is 0 Å². The summed E-state index contributed by atoms with van der Waals surface area (Å²) in [4.78, 5) is 0. The van der Waals surface area contributed by atoms with E-state index in [-0.39, 0.29) is 0 Å². The highest BCUT2D eigenvalue weighted by molar-refractivity contribution is 9.10. The second-order valence-corrected chi connectivity index (χ2v) is 3.12. The smallest absolute Gasteiger partial charge is 0.0766 e. The van der Waals surface area contributed by atoms with Gasteiger partial charge in [-0.05, 0) is 29.3 Å². The quantitative estimate of drug-likeness (QED) is 0.682. The van der Waals surface area contributed by atoms with Gasteiger partial charge in [-0.3, -0.25) is 4.68 Å². The van der Waals surface area contributed by atoms with Gasteiger partial charge in [-0.25, -0.2) is 0 Å².